The Hall–Kier alpha value is -4.31. The van der Waals surface area contributed by atoms with Crippen molar-refractivity contribution in [2.24, 2.45) is 0 Å². The number of thiazole rings is 1. The number of halogens is 1. The molecule has 0 unspecified atom stereocenters. The van der Waals surface area contributed by atoms with Gasteiger partial charge in [0.1, 0.15) is 17.3 Å². The van der Waals surface area contributed by atoms with Crippen LogP contribution in [0.5, 0.6) is 5.75 Å². The van der Waals surface area contributed by atoms with Crippen LogP contribution in [0.1, 0.15) is 23.2 Å². The summed E-state index contributed by atoms with van der Waals surface area (Å²) in [5.74, 6) is 0.153. The van der Waals surface area contributed by atoms with Crippen LogP contribution in [-0.4, -0.2) is 54.4 Å². The first-order valence-corrected chi connectivity index (χ1v) is 12.8. The number of nitrogens with zero attached hydrogens (tertiary/aromatic N) is 5. The average molecular weight is 515 g/mol. The van der Waals surface area contributed by atoms with Gasteiger partial charge in [0, 0.05) is 48.0 Å². The molecule has 0 aliphatic carbocycles. The summed E-state index contributed by atoms with van der Waals surface area (Å²) in [6.45, 7) is 1.15. The van der Waals surface area contributed by atoms with Crippen molar-refractivity contribution in [3.05, 3.63) is 83.8 Å². The van der Waals surface area contributed by atoms with Crippen LogP contribution in [0.25, 0.3) is 27.6 Å². The van der Waals surface area contributed by atoms with Crippen molar-refractivity contribution >= 4 is 28.2 Å². The average Bonchev–Trinajstić information content (AvgIpc) is 3.51. The molecule has 37 heavy (non-hydrogen) atoms. The summed E-state index contributed by atoms with van der Waals surface area (Å²) in [6.07, 6.45) is 5.36. The zero-order valence-corrected chi connectivity index (χ0v) is 20.5. The lowest BCUT2D eigenvalue weighted by atomic mass is 10.0. The van der Waals surface area contributed by atoms with Gasteiger partial charge in [-0.05, 0) is 55.3 Å². The Morgan fingerprint density at radius 1 is 1.14 bits per heavy atom. The number of aromatic nitrogens is 4. The fraction of sp³-hybridized carbons (Fsp3) is 0.185. The molecule has 1 fully saturated rings. The Labute approximate surface area is 216 Å². The Balaban J connectivity index is 1.26. The highest BCUT2D eigenvalue weighted by molar-refractivity contribution is 7.15. The van der Waals surface area contributed by atoms with Crippen molar-refractivity contribution in [2.75, 3.05) is 18.4 Å². The molecule has 1 aliphatic rings. The number of rotatable bonds is 5. The van der Waals surface area contributed by atoms with Crippen LogP contribution in [0.2, 0.25) is 0 Å². The number of fused-ring (bicyclic) bond motifs is 1. The van der Waals surface area contributed by atoms with Crippen molar-refractivity contribution in [3.8, 4) is 28.4 Å². The van der Waals surface area contributed by atoms with Crippen LogP contribution >= 0.6 is 11.3 Å². The first-order chi connectivity index (χ1) is 18.0. The normalized spacial score (nSPS) is 15.7. The fourth-order valence-corrected chi connectivity index (χ4v) is 5.40. The smallest absolute Gasteiger partial charge is 0.253 e. The molecular weight excluding hydrogens is 491 g/mol. The van der Waals surface area contributed by atoms with Crippen LogP contribution in [0.3, 0.4) is 0 Å². The highest BCUT2D eigenvalue weighted by Gasteiger charge is 2.25. The highest BCUT2D eigenvalue weighted by atomic mass is 32.1. The van der Waals surface area contributed by atoms with Crippen LogP contribution in [0.15, 0.2) is 72.4 Å². The number of phenolic OH excluding ortho intramolecular Hbond substituents is 1. The van der Waals surface area contributed by atoms with Crippen LogP contribution in [-0.2, 0) is 0 Å². The first-order valence-electron chi connectivity index (χ1n) is 11.9. The fourth-order valence-electron chi connectivity index (χ4n) is 4.68. The molecule has 1 aliphatic heterocycles. The molecule has 0 bridgehead atoms. The third-order valence-corrected chi connectivity index (χ3v) is 7.17. The van der Waals surface area contributed by atoms with Crippen molar-refractivity contribution in [2.45, 2.75) is 18.9 Å². The number of aromatic hydroxyl groups is 1. The molecule has 1 saturated heterocycles. The van der Waals surface area contributed by atoms with Crippen molar-refractivity contribution in [1.82, 2.24) is 24.3 Å². The number of nitrogens with one attached hydrogen (secondary N) is 1. The minimum absolute atomic E-state index is 0.0226. The van der Waals surface area contributed by atoms with Gasteiger partial charge >= 0.3 is 0 Å². The predicted molar refractivity (Wildman–Crippen MR) is 140 cm³/mol. The number of amides is 1. The van der Waals surface area contributed by atoms with E-state index in [2.05, 4.69) is 10.3 Å². The molecule has 8 nitrogen and oxygen atoms in total. The van der Waals surface area contributed by atoms with E-state index in [1.807, 2.05) is 28.1 Å². The maximum atomic E-state index is 13.3. The lowest BCUT2D eigenvalue weighted by Gasteiger charge is -2.33. The van der Waals surface area contributed by atoms with Gasteiger partial charge in [0.2, 0.25) is 5.95 Å². The van der Waals surface area contributed by atoms with Crippen molar-refractivity contribution < 1.29 is 14.3 Å². The van der Waals surface area contributed by atoms with E-state index >= 15 is 0 Å². The monoisotopic (exact) mass is 514 g/mol. The number of carbonyl (C=O) groups is 1. The van der Waals surface area contributed by atoms with Crippen LogP contribution < -0.4 is 5.32 Å². The van der Waals surface area contributed by atoms with E-state index in [0.29, 0.717) is 30.3 Å². The molecule has 4 heterocycles. The molecule has 3 aromatic heterocycles. The highest BCUT2D eigenvalue weighted by Crippen LogP contribution is 2.34. The van der Waals surface area contributed by atoms with Gasteiger partial charge in [-0.3, -0.25) is 9.20 Å². The summed E-state index contributed by atoms with van der Waals surface area (Å²) in [6, 6.07) is 14.5. The third-order valence-electron chi connectivity index (χ3n) is 6.41. The van der Waals surface area contributed by atoms with Gasteiger partial charge in [-0.25, -0.2) is 19.3 Å². The van der Waals surface area contributed by atoms with Gasteiger partial charge in [-0.1, -0.05) is 12.1 Å². The number of hydrogen-bond acceptors (Lipinski definition) is 7. The number of carbonyl (C=O) groups excluding carboxylic acids is 1. The van der Waals surface area contributed by atoms with Gasteiger partial charge in [-0.2, -0.15) is 0 Å². The minimum Gasteiger partial charge on any atom is -0.508 e. The van der Waals surface area contributed by atoms with Crippen LogP contribution in [0, 0.1) is 5.82 Å². The second-order valence-corrected chi connectivity index (χ2v) is 9.79. The van der Waals surface area contributed by atoms with Crippen molar-refractivity contribution in [1.29, 1.82) is 0 Å². The largest absolute Gasteiger partial charge is 0.508 e. The summed E-state index contributed by atoms with van der Waals surface area (Å²) in [5.41, 5.74) is 3.49. The number of likely N-dealkylation sites (tertiary alicyclic amines) is 1. The summed E-state index contributed by atoms with van der Waals surface area (Å²) in [7, 11) is 0. The quantitative estimate of drug-likeness (QED) is 0.340. The predicted octanol–water partition coefficient (Wildman–Crippen LogP) is 5.08. The Morgan fingerprint density at radius 3 is 2.84 bits per heavy atom. The van der Waals surface area contributed by atoms with E-state index in [1.165, 1.54) is 35.6 Å². The Morgan fingerprint density at radius 2 is 2.00 bits per heavy atom. The van der Waals surface area contributed by atoms with Crippen LogP contribution in [0.4, 0.5) is 10.3 Å². The number of phenols is 1. The number of anilines is 1. The molecule has 1 amide bonds. The van der Waals surface area contributed by atoms with Gasteiger partial charge in [0.15, 0.2) is 4.96 Å². The second kappa shape index (κ2) is 9.62. The molecule has 2 N–H and O–H groups in total. The summed E-state index contributed by atoms with van der Waals surface area (Å²) in [5, 5.41) is 15.4. The number of benzene rings is 2. The number of hydrogen-bond donors (Lipinski definition) is 2. The third kappa shape index (κ3) is 4.63. The zero-order valence-electron chi connectivity index (χ0n) is 19.7. The van der Waals surface area contributed by atoms with E-state index in [9.17, 15) is 14.3 Å². The topological polar surface area (TPSA) is 95.7 Å². The summed E-state index contributed by atoms with van der Waals surface area (Å²) in [4.78, 5) is 29.6. The Kier molecular flexibility index (Phi) is 6.01. The van der Waals surface area contributed by atoms with E-state index in [0.717, 1.165) is 34.8 Å². The molecule has 0 spiro atoms. The molecule has 10 heteroatoms. The standard InChI is InChI=1S/C27H23FN6O2S/c28-19-8-6-17(7-9-19)25(36)33-12-2-4-20(16-33)30-26-29-11-10-22(31-26)24-23(18-3-1-5-21(35)15-18)32-27-34(24)13-14-37-27/h1,3,5-11,13-15,20,35H,2,4,12,16H2,(H,29,30,31)/t20-/m1/s1. The molecule has 0 saturated carbocycles. The minimum atomic E-state index is -0.364. The molecule has 2 aromatic carbocycles. The van der Waals surface area contributed by atoms with Gasteiger partial charge in [0.05, 0.1) is 11.4 Å². The molecule has 0 radical (unpaired) electrons. The van der Waals surface area contributed by atoms with Gasteiger partial charge in [-0.15, -0.1) is 11.3 Å². The second-order valence-electron chi connectivity index (χ2n) is 8.92. The SMILES string of the molecule is O=C(c1ccc(F)cc1)N1CCC[C@@H](Nc2nccc(-c3c(-c4cccc(O)c4)nc4sccn34)n2)C1. The lowest BCUT2D eigenvalue weighted by molar-refractivity contribution is 0.0714. The molecule has 186 valence electrons. The van der Waals surface area contributed by atoms with E-state index in [4.69, 9.17) is 9.97 Å². The maximum Gasteiger partial charge on any atom is 0.253 e. The van der Waals surface area contributed by atoms with Gasteiger partial charge < -0.3 is 15.3 Å². The number of imidazole rings is 1. The van der Waals surface area contributed by atoms with E-state index < -0.39 is 0 Å². The van der Waals surface area contributed by atoms with Crippen molar-refractivity contribution in [3.63, 3.8) is 0 Å². The molecule has 6 rings (SSSR count). The summed E-state index contributed by atoms with van der Waals surface area (Å²) < 4.78 is 15.3. The summed E-state index contributed by atoms with van der Waals surface area (Å²) >= 11 is 1.52. The maximum absolute atomic E-state index is 13.3. The van der Waals surface area contributed by atoms with E-state index in [-0.39, 0.29) is 23.5 Å². The van der Waals surface area contributed by atoms with E-state index in [1.54, 1.807) is 29.3 Å². The first kappa shape index (κ1) is 23.1. The lowest BCUT2D eigenvalue weighted by Crippen LogP contribution is -2.45. The van der Waals surface area contributed by atoms with Gasteiger partial charge in [0.25, 0.3) is 5.91 Å². The Bertz CT molecular complexity index is 1580. The number of piperidine rings is 1. The molecule has 5 aromatic rings. The molecular formula is C27H23FN6O2S. The zero-order chi connectivity index (χ0) is 25.4. The molecule has 1 atom stereocenters.